The highest BCUT2D eigenvalue weighted by Crippen LogP contribution is 2.22. The third-order valence-corrected chi connectivity index (χ3v) is 1.66. The number of rotatable bonds is 1. The Labute approximate surface area is 69.4 Å². The monoisotopic (exact) mass is 160 g/mol. The van der Waals surface area contributed by atoms with Gasteiger partial charge >= 0.3 is 0 Å². The summed E-state index contributed by atoms with van der Waals surface area (Å²) in [6.07, 6.45) is 6.86. The standard InChI is InChI=1S/C8H8N4/c9-8-5-10-2-1-7(8)6-3-11-12-4-6/h1-5H,9H2,(H,11,12). The largest absolute Gasteiger partial charge is 0.397 e. The fourth-order valence-corrected chi connectivity index (χ4v) is 1.07. The van der Waals surface area contributed by atoms with Crippen LogP contribution in [-0.4, -0.2) is 15.2 Å². The average molecular weight is 160 g/mol. The number of H-pyrrole nitrogens is 1. The van der Waals surface area contributed by atoms with E-state index in [-0.39, 0.29) is 0 Å². The van der Waals surface area contributed by atoms with Crippen LogP contribution in [0.1, 0.15) is 0 Å². The predicted molar refractivity (Wildman–Crippen MR) is 46.2 cm³/mol. The van der Waals surface area contributed by atoms with Gasteiger partial charge in [0.25, 0.3) is 0 Å². The Morgan fingerprint density at radius 1 is 1.33 bits per heavy atom. The summed E-state index contributed by atoms with van der Waals surface area (Å²) < 4.78 is 0. The zero-order valence-corrected chi connectivity index (χ0v) is 6.36. The lowest BCUT2D eigenvalue weighted by Gasteiger charge is -1.99. The first-order valence-electron chi connectivity index (χ1n) is 3.56. The topological polar surface area (TPSA) is 67.6 Å². The number of pyridine rings is 1. The van der Waals surface area contributed by atoms with Gasteiger partial charge in [-0.2, -0.15) is 5.10 Å². The van der Waals surface area contributed by atoms with Crippen molar-refractivity contribution in [2.45, 2.75) is 0 Å². The normalized spacial score (nSPS) is 10.0. The molecule has 0 aliphatic heterocycles. The number of anilines is 1. The van der Waals surface area contributed by atoms with Crippen LogP contribution in [-0.2, 0) is 0 Å². The van der Waals surface area contributed by atoms with Crippen LogP contribution in [0, 0.1) is 0 Å². The van der Waals surface area contributed by atoms with Gasteiger partial charge in [0, 0.05) is 23.5 Å². The molecule has 0 unspecified atom stereocenters. The van der Waals surface area contributed by atoms with E-state index in [9.17, 15) is 0 Å². The van der Waals surface area contributed by atoms with Gasteiger partial charge in [-0.25, -0.2) is 0 Å². The summed E-state index contributed by atoms with van der Waals surface area (Å²) >= 11 is 0. The lowest BCUT2D eigenvalue weighted by atomic mass is 10.1. The van der Waals surface area contributed by atoms with E-state index in [1.165, 1.54) is 0 Å². The number of aromatic nitrogens is 3. The van der Waals surface area contributed by atoms with Crippen LogP contribution in [0.25, 0.3) is 11.1 Å². The maximum absolute atomic E-state index is 5.71. The van der Waals surface area contributed by atoms with Gasteiger partial charge in [-0.1, -0.05) is 0 Å². The molecule has 2 aromatic heterocycles. The second-order valence-electron chi connectivity index (χ2n) is 2.45. The Kier molecular flexibility index (Phi) is 1.51. The molecule has 0 aliphatic rings. The van der Waals surface area contributed by atoms with Crippen molar-refractivity contribution in [1.82, 2.24) is 15.2 Å². The third kappa shape index (κ3) is 1.03. The first-order chi connectivity index (χ1) is 5.88. The number of nitrogens with zero attached hydrogens (tertiary/aromatic N) is 2. The van der Waals surface area contributed by atoms with Gasteiger partial charge in [-0.3, -0.25) is 10.1 Å². The summed E-state index contributed by atoms with van der Waals surface area (Å²) in [6.45, 7) is 0. The average Bonchev–Trinajstić information content (AvgIpc) is 2.57. The third-order valence-electron chi connectivity index (χ3n) is 1.66. The van der Waals surface area contributed by atoms with Gasteiger partial charge in [-0.05, 0) is 6.07 Å². The van der Waals surface area contributed by atoms with Crippen molar-refractivity contribution in [2.75, 3.05) is 5.73 Å². The van der Waals surface area contributed by atoms with Gasteiger partial charge in [0.05, 0.1) is 18.1 Å². The van der Waals surface area contributed by atoms with Gasteiger partial charge in [0.15, 0.2) is 0 Å². The van der Waals surface area contributed by atoms with E-state index in [0.29, 0.717) is 5.69 Å². The fraction of sp³-hybridized carbons (Fsp3) is 0. The van der Waals surface area contributed by atoms with E-state index < -0.39 is 0 Å². The minimum absolute atomic E-state index is 0.666. The minimum Gasteiger partial charge on any atom is -0.397 e. The van der Waals surface area contributed by atoms with Crippen LogP contribution < -0.4 is 5.73 Å². The molecule has 4 nitrogen and oxygen atoms in total. The smallest absolute Gasteiger partial charge is 0.0581 e. The summed E-state index contributed by atoms with van der Waals surface area (Å²) in [5.74, 6) is 0. The molecule has 2 heterocycles. The summed E-state index contributed by atoms with van der Waals surface area (Å²) in [4.78, 5) is 3.90. The molecule has 0 aromatic carbocycles. The lowest BCUT2D eigenvalue weighted by Crippen LogP contribution is -1.89. The van der Waals surface area contributed by atoms with E-state index >= 15 is 0 Å². The van der Waals surface area contributed by atoms with Crippen LogP contribution in [0.3, 0.4) is 0 Å². The molecule has 0 fully saturated rings. The van der Waals surface area contributed by atoms with Gasteiger partial charge in [0.2, 0.25) is 0 Å². The van der Waals surface area contributed by atoms with Gasteiger partial charge in [-0.15, -0.1) is 0 Å². The highest BCUT2D eigenvalue weighted by molar-refractivity contribution is 5.74. The fourth-order valence-electron chi connectivity index (χ4n) is 1.07. The van der Waals surface area contributed by atoms with Crippen molar-refractivity contribution in [3.8, 4) is 11.1 Å². The van der Waals surface area contributed by atoms with E-state index in [2.05, 4.69) is 15.2 Å². The molecule has 12 heavy (non-hydrogen) atoms. The highest BCUT2D eigenvalue weighted by atomic mass is 15.1. The number of nitrogens with two attached hydrogens (primary N) is 1. The molecule has 0 amide bonds. The summed E-state index contributed by atoms with van der Waals surface area (Å²) in [7, 11) is 0. The van der Waals surface area contributed by atoms with Crippen LogP contribution >= 0.6 is 0 Å². The van der Waals surface area contributed by atoms with Crippen molar-refractivity contribution in [3.63, 3.8) is 0 Å². The molecule has 0 radical (unpaired) electrons. The summed E-state index contributed by atoms with van der Waals surface area (Å²) in [6, 6.07) is 1.86. The molecule has 0 spiro atoms. The zero-order chi connectivity index (χ0) is 8.39. The van der Waals surface area contributed by atoms with Crippen LogP contribution in [0.4, 0.5) is 5.69 Å². The lowest BCUT2D eigenvalue weighted by molar-refractivity contribution is 1.09. The molecule has 0 aliphatic carbocycles. The number of hydrogen-bond donors (Lipinski definition) is 2. The SMILES string of the molecule is Nc1cnccc1-c1cn[nH]c1. The Bertz CT molecular complexity index is 366. The molecule has 0 atom stereocenters. The second kappa shape index (κ2) is 2.65. The first-order valence-corrected chi connectivity index (χ1v) is 3.56. The van der Waals surface area contributed by atoms with E-state index in [1.807, 2.05) is 6.07 Å². The van der Waals surface area contributed by atoms with Gasteiger partial charge in [0.1, 0.15) is 0 Å². The zero-order valence-electron chi connectivity index (χ0n) is 6.36. The molecule has 60 valence electrons. The summed E-state index contributed by atoms with van der Waals surface area (Å²) in [5.41, 5.74) is 8.31. The molecule has 3 N–H and O–H groups in total. The Balaban J connectivity index is 2.55. The minimum atomic E-state index is 0.666. The number of nitrogens with one attached hydrogen (secondary N) is 1. The number of nitrogen functional groups attached to an aromatic ring is 1. The van der Waals surface area contributed by atoms with Crippen molar-refractivity contribution in [1.29, 1.82) is 0 Å². The van der Waals surface area contributed by atoms with Crippen molar-refractivity contribution in [2.24, 2.45) is 0 Å². The Hall–Kier alpha value is -1.84. The molecule has 2 rings (SSSR count). The Morgan fingerprint density at radius 3 is 2.92 bits per heavy atom. The number of aromatic amines is 1. The highest BCUT2D eigenvalue weighted by Gasteiger charge is 2.01. The molecular weight excluding hydrogens is 152 g/mol. The second-order valence-corrected chi connectivity index (χ2v) is 2.45. The Morgan fingerprint density at radius 2 is 2.25 bits per heavy atom. The van der Waals surface area contributed by atoms with Crippen molar-refractivity contribution >= 4 is 5.69 Å². The van der Waals surface area contributed by atoms with Crippen LogP contribution in [0.2, 0.25) is 0 Å². The molecule has 2 aromatic rings. The van der Waals surface area contributed by atoms with Crippen molar-refractivity contribution < 1.29 is 0 Å². The van der Waals surface area contributed by atoms with Crippen LogP contribution in [0.5, 0.6) is 0 Å². The molecular formula is C8H8N4. The van der Waals surface area contributed by atoms with Crippen molar-refractivity contribution in [3.05, 3.63) is 30.9 Å². The first kappa shape index (κ1) is 6.84. The van der Waals surface area contributed by atoms with E-state index in [4.69, 9.17) is 5.73 Å². The summed E-state index contributed by atoms with van der Waals surface area (Å²) in [5, 5.41) is 6.57. The molecule has 0 saturated heterocycles. The molecule has 0 saturated carbocycles. The maximum atomic E-state index is 5.71. The number of hydrogen-bond acceptors (Lipinski definition) is 3. The van der Waals surface area contributed by atoms with E-state index in [1.54, 1.807) is 24.8 Å². The molecule has 0 bridgehead atoms. The van der Waals surface area contributed by atoms with Gasteiger partial charge < -0.3 is 5.73 Å². The van der Waals surface area contributed by atoms with E-state index in [0.717, 1.165) is 11.1 Å². The quantitative estimate of drug-likeness (QED) is 0.655. The maximum Gasteiger partial charge on any atom is 0.0581 e. The predicted octanol–water partition coefficient (Wildman–Crippen LogP) is 1.05. The van der Waals surface area contributed by atoms with Crippen LogP contribution in [0.15, 0.2) is 30.9 Å². The molecule has 4 heteroatoms.